The Morgan fingerprint density at radius 1 is 1.23 bits per heavy atom. The Morgan fingerprint density at radius 3 is 2.63 bits per heavy atom. The zero-order valence-corrected chi connectivity index (χ0v) is 18.4. The Labute approximate surface area is 186 Å². The van der Waals surface area contributed by atoms with Crippen molar-refractivity contribution in [3.05, 3.63) is 70.9 Å². The van der Waals surface area contributed by atoms with E-state index in [1.165, 1.54) is 7.11 Å². The number of rotatable bonds is 7. The van der Waals surface area contributed by atoms with Gasteiger partial charge in [-0.3, -0.25) is 4.79 Å². The molecular formula is C22H26ClN3O3S. The van der Waals surface area contributed by atoms with E-state index in [0.717, 1.165) is 27.1 Å². The molecule has 4 N–H and O–H groups in total. The van der Waals surface area contributed by atoms with E-state index >= 15 is 0 Å². The van der Waals surface area contributed by atoms with Gasteiger partial charge >= 0.3 is 5.97 Å². The number of halogens is 1. The standard InChI is InChI=1S/C15H18N2O3S.C7H8ClN/c1-20-15(19)13(17-14(18)6-7-21)8-10-9-16-12-5-3-2-4-11(10)12;8-7-3-1-2-6(4-7)5-9/h2-5,9,13,16,21H,6-8H2,1H3,(H,17,18);1-4H,5,9H2/t13-;/m0./s1. The minimum absolute atomic E-state index is 0.208. The van der Waals surface area contributed by atoms with Crippen LogP contribution < -0.4 is 11.1 Å². The minimum Gasteiger partial charge on any atom is -0.467 e. The lowest BCUT2D eigenvalue weighted by Crippen LogP contribution is -2.43. The van der Waals surface area contributed by atoms with Gasteiger partial charge in [-0.2, -0.15) is 12.6 Å². The number of carbonyl (C=O) groups excluding carboxylic acids is 2. The van der Waals surface area contributed by atoms with Gasteiger partial charge in [-0.25, -0.2) is 4.79 Å². The number of ether oxygens (including phenoxy) is 1. The smallest absolute Gasteiger partial charge is 0.328 e. The van der Waals surface area contributed by atoms with Crippen LogP contribution >= 0.6 is 24.2 Å². The van der Waals surface area contributed by atoms with E-state index in [0.29, 0.717) is 18.7 Å². The topological polar surface area (TPSA) is 97.2 Å². The number of nitrogens with two attached hydrogens (primary N) is 1. The zero-order valence-electron chi connectivity index (χ0n) is 16.7. The first-order valence-corrected chi connectivity index (χ1v) is 10.5. The minimum atomic E-state index is -0.693. The second-order valence-electron chi connectivity index (χ2n) is 6.51. The van der Waals surface area contributed by atoms with Gasteiger partial charge in [0.25, 0.3) is 0 Å². The Morgan fingerprint density at radius 2 is 2.00 bits per heavy atom. The third kappa shape index (κ3) is 7.09. The van der Waals surface area contributed by atoms with Gasteiger partial charge in [0.05, 0.1) is 7.11 Å². The van der Waals surface area contributed by atoms with E-state index in [1.54, 1.807) is 0 Å². The lowest BCUT2D eigenvalue weighted by molar-refractivity contribution is -0.145. The molecule has 30 heavy (non-hydrogen) atoms. The summed E-state index contributed by atoms with van der Waals surface area (Å²) in [4.78, 5) is 26.7. The van der Waals surface area contributed by atoms with E-state index in [-0.39, 0.29) is 12.3 Å². The van der Waals surface area contributed by atoms with Gasteiger partial charge in [0.1, 0.15) is 6.04 Å². The molecule has 0 saturated heterocycles. The van der Waals surface area contributed by atoms with Gasteiger partial charge in [-0.05, 0) is 35.1 Å². The van der Waals surface area contributed by atoms with E-state index in [2.05, 4.69) is 22.9 Å². The summed E-state index contributed by atoms with van der Waals surface area (Å²) >= 11 is 9.68. The van der Waals surface area contributed by atoms with Crippen molar-refractivity contribution in [2.45, 2.75) is 25.4 Å². The van der Waals surface area contributed by atoms with Crippen LogP contribution in [0.5, 0.6) is 0 Å². The summed E-state index contributed by atoms with van der Waals surface area (Å²) in [5.41, 5.74) is 8.39. The van der Waals surface area contributed by atoms with Gasteiger partial charge in [0, 0.05) is 41.5 Å². The number of carbonyl (C=O) groups is 2. The van der Waals surface area contributed by atoms with Gasteiger partial charge in [-0.15, -0.1) is 0 Å². The maximum atomic E-state index is 11.8. The fraction of sp³-hybridized carbons (Fsp3) is 0.273. The van der Waals surface area contributed by atoms with Gasteiger partial charge in [-0.1, -0.05) is 41.9 Å². The Bertz CT molecular complexity index is 977. The Balaban J connectivity index is 0.000000297. The van der Waals surface area contributed by atoms with Crippen molar-refractivity contribution in [1.82, 2.24) is 10.3 Å². The quantitative estimate of drug-likeness (QED) is 0.329. The molecular weight excluding hydrogens is 422 g/mol. The average molecular weight is 448 g/mol. The number of aromatic amines is 1. The second-order valence-corrected chi connectivity index (χ2v) is 7.40. The first-order valence-electron chi connectivity index (χ1n) is 9.46. The molecule has 2 aromatic carbocycles. The van der Waals surface area contributed by atoms with Crippen LogP contribution in [0.3, 0.4) is 0 Å². The molecule has 6 nitrogen and oxygen atoms in total. The molecule has 1 heterocycles. The molecule has 3 aromatic rings. The molecule has 0 aliphatic heterocycles. The van der Waals surface area contributed by atoms with Crippen molar-refractivity contribution in [1.29, 1.82) is 0 Å². The number of nitrogens with one attached hydrogen (secondary N) is 2. The fourth-order valence-electron chi connectivity index (χ4n) is 2.89. The van der Waals surface area contributed by atoms with Crippen molar-refractivity contribution in [2.24, 2.45) is 5.73 Å². The zero-order chi connectivity index (χ0) is 21.9. The molecule has 0 unspecified atom stereocenters. The number of aromatic nitrogens is 1. The van der Waals surface area contributed by atoms with Crippen molar-refractivity contribution >= 4 is 47.0 Å². The van der Waals surface area contributed by atoms with Crippen molar-refractivity contribution < 1.29 is 14.3 Å². The number of benzene rings is 2. The third-order valence-corrected chi connectivity index (χ3v) is 4.84. The largest absolute Gasteiger partial charge is 0.467 e. The highest BCUT2D eigenvalue weighted by molar-refractivity contribution is 7.80. The number of amides is 1. The summed E-state index contributed by atoms with van der Waals surface area (Å²) in [6.07, 6.45) is 2.50. The number of H-pyrrole nitrogens is 1. The van der Waals surface area contributed by atoms with Crippen LogP contribution in [0.2, 0.25) is 5.02 Å². The van der Waals surface area contributed by atoms with E-state index in [4.69, 9.17) is 22.1 Å². The molecule has 1 atom stereocenters. The van der Waals surface area contributed by atoms with Crippen LogP contribution in [0.4, 0.5) is 0 Å². The van der Waals surface area contributed by atoms with Crippen LogP contribution in [0.25, 0.3) is 10.9 Å². The molecule has 0 fully saturated rings. The predicted molar refractivity (Wildman–Crippen MR) is 124 cm³/mol. The van der Waals surface area contributed by atoms with Crippen molar-refractivity contribution in [3.63, 3.8) is 0 Å². The monoisotopic (exact) mass is 447 g/mol. The predicted octanol–water partition coefficient (Wildman–Crippen LogP) is 3.49. The molecule has 1 amide bonds. The van der Waals surface area contributed by atoms with Crippen LogP contribution in [-0.2, 0) is 27.3 Å². The highest BCUT2D eigenvalue weighted by Crippen LogP contribution is 2.19. The van der Waals surface area contributed by atoms with Crippen molar-refractivity contribution in [2.75, 3.05) is 12.9 Å². The lowest BCUT2D eigenvalue weighted by atomic mass is 10.0. The average Bonchev–Trinajstić information content (AvgIpc) is 3.16. The number of fused-ring (bicyclic) bond motifs is 1. The van der Waals surface area contributed by atoms with Crippen LogP contribution in [0.15, 0.2) is 54.7 Å². The molecule has 3 rings (SSSR count). The number of para-hydroxylation sites is 1. The number of hydrogen-bond donors (Lipinski definition) is 4. The van der Waals surface area contributed by atoms with Gasteiger partial charge in [0.15, 0.2) is 0 Å². The molecule has 8 heteroatoms. The maximum absolute atomic E-state index is 11.8. The van der Waals surface area contributed by atoms with E-state index < -0.39 is 12.0 Å². The molecule has 0 aliphatic rings. The Kier molecular flexibility index (Phi) is 9.73. The van der Waals surface area contributed by atoms with Crippen LogP contribution in [0, 0.1) is 0 Å². The lowest BCUT2D eigenvalue weighted by Gasteiger charge is -2.16. The van der Waals surface area contributed by atoms with Crippen LogP contribution in [-0.4, -0.2) is 35.8 Å². The Hall–Kier alpha value is -2.48. The highest BCUT2D eigenvalue weighted by Gasteiger charge is 2.22. The van der Waals surface area contributed by atoms with E-state index in [1.807, 2.05) is 54.7 Å². The summed E-state index contributed by atoms with van der Waals surface area (Å²) in [7, 11) is 1.31. The fourth-order valence-corrected chi connectivity index (χ4v) is 3.30. The number of hydrogen-bond acceptors (Lipinski definition) is 5. The SMILES string of the molecule is COC(=O)[C@H](Cc1c[nH]c2ccccc12)NC(=O)CCS.NCc1cccc(Cl)c1. The summed E-state index contributed by atoms with van der Waals surface area (Å²) in [5, 5.41) is 4.48. The van der Waals surface area contributed by atoms with Crippen LogP contribution in [0.1, 0.15) is 17.5 Å². The summed E-state index contributed by atoms with van der Waals surface area (Å²) in [5.74, 6) is -0.222. The van der Waals surface area contributed by atoms with Crippen molar-refractivity contribution in [3.8, 4) is 0 Å². The van der Waals surface area contributed by atoms with E-state index in [9.17, 15) is 9.59 Å². The molecule has 0 bridgehead atoms. The maximum Gasteiger partial charge on any atom is 0.328 e. The summed E-state index contributed by atoms with van der Waals surface area (Å²) in [6.45, 7) is 0.556. The van der Waals surface area contributed by atoms with Gasteiger partial charge < -0.3 is 20.8 Å². The molecule has 0 aliphatic carbocycles. The number of esters is 1. The summed E-state index contributed by atoms with van der Waals surface area (Å²) < 4.78 is 4.77. The molecule has 0 saturated carbocycles. The molecule has 0 radical (unpaired) electrons. The normalized spacial score (nSPS) is 11.3. The summed E-state index contributed by atoms with van der Waals surface area (Å²) in [6, 6.07) is 14.7. The third-order valence-electron chi connectivity index (χ3n) is 4.38. The number of thiol groups is 1. The van der Waals surface area contributed by atoms with Gasteiger partial charge in [0.2, 0.25) is 5.91 Å². The molecule has 160 valence electrons. The first kappa shape index (κ1) is 23.8. The first-order chi connectivity index (χ1) is 14.5. The number of methoxy groups -OCH3 is 1. The second kappa shape index (κ2) is 12.3. The molecule has 1 aromatic heterocycles. The highest BCUT2D eigenvalue weighted by atomic mass is 35.5. The molecule has 0 spiro atoms.